The first kappa shape index (κ1) is 16.4. The molecular formula is C14H9BrCl3NO2. The molecule has 0 aromatic heterocycles. The van der Waals surface area contributed by atoms with Crippen LogP contribution in [0, 0.1) is 6.92 Å². The zero-order valence-corrected chi connectivity index (χ0v) is 14.6. The van der Waals surface area contributed by atoms with E-state index in [2.05, 4.69) is 21.2 Å². The second-order valence-corrected chi connectivity index (χ2v) is 6.23. The van der Waals surface area contributed by atoms with Crippen LogP contribution in [0.25, 0.3) is 0 Å². The molecule has 0 bridgehead atoms. The van der Waals surface area contributed by atoms with Crippen molar-refractivity contribution in [3.05, 3.63) is 55.4 Å². The number of hydrogen-bond acceptors (Lipinski definition) is 2. The molecular weight excluding hydrogens is 400 g/mol. The van der Waals surface area contributed by atoms with E-state index in [4.69, 9.17) is 39.5 Å². The highest BCUT2D eigenvalue weighted by molar-refractivity contribution is 9.10. The molecule has 21 heavy (non-hydrogen) atoms. The van der Waals surface area contributed by atoms with Crippen LogP contribution in [0.4, 0.5) is 10.5 Å². The van der Waals surface area contributed by atoms with Gasteiger partial charge in [0.05, 0.1) is 20.2 Å². The van der Waals surface area contributed by atoms with Gasteiger partial charge in [0.25, 0.3) is 0 Å². The van der Waals surface area contributed by atoms with Gasteiger partial charge in [-0.25, -0.2) is 4.79 Å². The minimum Gasteiger partial charge on any atom is -0.409 e. The van der Waals surface area contributed by atoms with Crippen LogP contribution in [-0.2, 0) is 0 Å². The fourth-order valence-corrected chi connectivity index (χ4v) is 3.04. The Morgan fingerprint density at radius 2 is 1.95 bits per heavy atom. The normalized spacial score (nSPS) is 10.3. The number of carbonyl (C=O) groups excluding carboxylic acids is 1. The maximum atomic E-state index is 11.9. The minimum atomic E-state index is -0.676. The molecule has 0 fully saturated rings. The molecule has 0 unspecified atom stereocenters. The second kappa shape index (κ2) is 6.88. The van der Waals surface area contributed by atoms with E-state index in [9.17, 15) is 4.79 Å². The van der Waals surface area contributed by atoms with Crippen LogP contribution in [0.2, 0.25) is 15.1 Å². The van der Waals surface area contributed by atoms with Gasteiger partial charge < -0.3 is 4.74 Å². The average molecular weight is 409 g/mol. The molecule has 0 heterocycles. The highest BCUT2D eigenvalue weighted by Crippen LogP contribution is 2.33. The Labute approximate surface area is 145 Å². The maximum absolute atomic E-state index is 11.9. The SMILES string of the molecule is Cc1cc(Cl)cc(Br)c1OC(=O)Nc1cccc(Cl)c1Cl. The molecule has 3 nitrogen and oxygen atoms in total. The van der Waals surface area contributed by atoms with Gasteiger partial charge in [-0.3, -0.25) is 5.32 Å². The first-order valence-corrected chi connectivity index (χ1v) is 7.69. The van der Waals surface area contributed by atoms with Gasteiger partial charge >= 0.3 is 6.09 Å². The lowest BCUT2D eigenvalue weighted by atomic mass is 10.2. The Morgan fingerprint density at radius 3 is 2.62 bits per heavy atom. The third-order valence-corrected chi connectivity index (χ3v) is 4.20. The fourth-order valence-electron chi connectivity index (χ4n) is 1.65. The van der Waals surface area contributed by atoms with Crippen molar-refractivity contribution in [3.63, 3.8) is 0 Å². The van der Waals surface area contributed by atoms with E-state index in [0.29, 0.717) is 26.0 Å². The molecule has 0 saturated carbocycles. The number of amides is 1. The fraction of sp³-hybridized carbons (Fsp3) is 0.0714. The summed E-state index contributed by atoms with van der Waals surface area (Å²) in [6.07, 6.45) is -0.676. The van der Waals surface area contributed by atoms with Gasteiger partial charge in [0.2, 0.25) is 0 Å². The Kier molecular flexibility index (Phi) is 5.38. The molecule has 1 amide bonds. The zero-order valence-electron chi connectivity index (χ0n) is 10.7. The predicted molar refractivity (Wildman–Crippen MR) is 90.0 cm³/mol. The highest BCUT2D eigenvalue weighted by atomic mass is 79.9. The number of rotatable bonds is 2. The van der Waals surface area contributed by atoms with Crippen LogP contribution >= 0.6 is 50.7 Å². The summed E-state index contributed by atoms with van der Waals surface area (Å²) in [5.41, 5.74) is 1.10. The number of nitrogens with one attached hydrogen (secondary N) is 1. The van der Waals surface area contributed by atoms with E-state index in [1.807, 2.05) is 0 Å². The van der Waals surface area contributed by atoms with Gasteiger partial charge in [-0.2, -0.15) is 0 Å². The van der Waals surface area contributed by atoms with Crippen molar-refractivity contribution in [2.75, 3.05) is 5.32 Å². The number of anilines is 1. The molecule has 0 saturated heterocycles. The van der Waals surface area contributed by atoms with E-state index < -0.39 is 6.09 Å². The summed E-state index contributed by atoms with van der Waals surface area (Å²) in [7, 11) is 0. The molecule has 2 rings (SSSR count). The molecule has 0 aliphatic rings. The molecule has 0 atom stereocenters. The van der Waals surface area contributed by atoms with Crippen molar-refractivity contribution in [2.24, 2.45) is 0 Å². The lowest BCUT2D eigenvalue weighted by Crippen LogP contribution is -2.17. The molecule has 0 spiro atoms. The second-order valence-electron chi connectivity index (χ2n) is 4.15. The zero-order chi connectivity index (χ0) is 15.6. The quantitative estimate of drug-likeness (QED) is 0.629. The standard InChI is InChI=1S/C14H9BrCl3NO2/c1-7-5-8(16)6-9(15)13(7)21-14(20)19-11-4-2-3-10(17)12(11)18/h2-6H,1H3,(H,19,20). The number of aryl methyl sites for hydroxylation is 1. The summed E-state index contributed by atoms with van der Waals surface area (Å²) in [5.74, 6) is 0.384. The molecule has 2 aromatic rings. The van der Waals surface area contributed by atoms with Crippen LogP contribution < -0.4 is 10.1 Å². The van der Waals surface area contributed by atoms with Crippen molar-refractivity contribution in [3.8, 4) is 5.75 Å². The maximum Gasteiger partial charge on any atom is 0.417 e. The van der Waals surface area contributed by atoms with Crippen molar-refractivity contribution in [2.45, 2.75) is 6.92 Å². The Balaban J connectivity index is 2.18. The summed E-state index contributed by atoms with van der Waals surface area (Å²) in [5, 5.41) is 3.68. The van der Waals surface area contributed by atoms with Crippen molar-refractivity contribution in [1.29, 1.82) is 0 Å². The lowest BCUT2D eigenvalue weighted by molar-refractivity contribution is 0.214. The Morgan fingerprint density at radius 1 is 1.24 bits per heavy atom. The summed E-state index contributed by atoms with van der Waals surface area (Å²) < 4.78 is 5.86. The van der Waals surface area contributed by atoms with Gasteiger partial charge in [-0.1, -0.05) is 40.9 Å². The first-order valence-electron chi connectivity index (χ1n) is 5.77. The topological polar surface area (TPSA) is 38.3 Å². The van der Waals surface area contributed by atoms with Crippen LogP contribution in [0.3, 0.4) is 0 Å². The molecule has 110 valence electrons. The number of carbonyl (C=O) groups is 1. The molecule has 1 N–H and O–H groups in total. The highest BCUT2D eigenvalue weighted by Gasteiger charge is 2.14. The van der Waals surface area contributed by atoms with E-state index in [1.54, 1.807) is 37.3 Å². The molecule has 2 aromatic carbocycles. The van der Waals surface area contributed by atoms with E-state index in [0.717, 1.165) is 5.56 Å². The monoisotopic (exact) mass is 407 g/mol. The van der Waals surface area contributed by atoms with Crippen LogP contribution in [0.5, 0.6) is 5.75 Å². The van der Waals surface area contributed by atoms with Crippen molar-refractivity contribution >= 4 is 62.5 Å². The molecule has 7 heteroatoms. The first-order chi connectivity index (χ1) is 9.88. The van der Waals surface area contributed by atoms with Gasteiger partial charge in [0, 0.05) is 5.02 Å². The summed E-state index contributed by atoms with van der Waals surface area (Å²) in [6.45, 7) is 1.78. The number of halogens is 4. The van der Waals surface area contributed by atoms with Crippen molar-refractivity contribution < 1.29 is 9.53 Å². The predicted octanol–water partition coefficient (Wildman–Crippen LogP) is 6.33. The van der Waals surface area contributed by atoms with E-state index in [-0.39, 0.29) is 5.02 Å². The third kappa shape index (κ3) is 4.04. The van der Waals surface area contributed by atoms with Crippen LogP contribution in [0.15, 0.2) is 34.8 Å². The minimum absolute atomic E-state index is 0.253. The molecule has 0 aliphatic heterocycles. The largest absolute Gasteiger partial charge is 0.417 e. The average Bonchev–Trinajstić information content (AvgIpc) is 2.39. The lowest BCUT2D eigenvalue weighted by Gasteiger charge is -2.12. The van der Waals surface area contributed by atoms with Gasteiger partial charge in [0.1, 0.15) is 5.75 Å². The number of ether oxygens (including phenoxy) is 1. The van der Waals surface area contributed by atoms with Gasteiger partial charge in [-0.15, -0.1) is 0 Å². The Bertz CT molecular complexity index is 684. The smallest absolute Gasteiger partial charge is 0.409 e. The summed E-state index contributed by atoms with van der Waals surface area (Å²) in [6, 6.07) is 8.26. The Hall–Kier alpha value is -0.940. The van der Waals surface area contributed by atoms with Gasteiger partial charge in [-0.05, 0) is 52.7 Å². The third-order valence-electron chi connectivity index (χ3n) is 2.58. The summed E-state index contributed by atoms with van der Waals surface area (Å²) >= 11 is 21.1. The number of benzene rings is 2. The summed E-state index contributed by atoms with van der Waals surface area (Å²) in [4.78, 5) is 11.9. The van der Waals surface area contributed by atoms with E-state index in [1.165, 1.54) is 0 Å². The molecule has 0 aliphatic carbocycles. The van der Waals surface area contributed by atoms with Gasteiger partial charge in [0.15, 0.2) is 0 Å². The number of hydrogen-bond donors (Lipinski definition) is 1. The van der Waals surface area contributed by atoms with Crippen LogP contribution in [0.1, 0.15) is 5.56 Å². The van der Waals surface area contributed by atoms with E-state index >= 15 is 0 Å². The van der Waals surface area contributed by atoms with Crippen LogP contribution in [-0.4, -0.2) is 6.09 Å². The van der Waals surface area contributed by atoms with Crippen molar-refractivity contribution in [1.82, 2.24) is 0 Å². The molecule has 0 radical (unpaired) electrons.